The number of aliphatic carboxylic acids is 1. The van der Waals surface area contributed by atoms with Gasteiger partial charge in [0.15, 0.2) is 6.10 Å². The fourth-order valence-electron chi connectivity index (χ4n) is 1.54. The lowest BCUT2D eigenvalue weighted by atomic mass is 9.96. The van der Waals surface area contributed by atoms with Crippen LogP contribution in [0.3, 0.4) is 0 Å². The smallest absolute Gasteiger partial charge is 0.418 e. The van der Waals surface area contributed by atoms with E-state index in [1.54, 1.807) is 0 Å². The summed E-state index contributed by atoms with van der Waals surface area (Å²) in [7, 11) is 0. The normalized spacial score (nSPS) is 14.2. The molecule has 0 spiro atoms. The number of carboxylic acids is 1. The van der Waals surface area contributed by atoms with E-state index in [-0.39, 0.29) is 0 Å². The van der Waals surface area contributed by atoms with Crippen LogP contribution in [-0.2, 0) is 17.1 Å². The molecule has 1 aromatic carbocycles. The maximum Gasteiger partial charge on any atom is 0.418 e. The molecule has 0 amide bonds. The Bertz CT molecular complexity index is 537. The second-order valence-corrected chi connectivity index (χ2v) is 4.03. The van der Waals surface area contributed by atoms with Crippen LogP contribution >= 0.6 is 11.6 Å². The molecule has 1 rings (SSSR count). The third-order valence-corrected chi connectivity index (χ3v) is 2.60. The molecule has 0 saturated carbocycles. The summed E-state index contributed by atoms with van der Waals surface area (Å²) >= 11 is 5.13. The zero-order valence-electron chi connectivity index (χ0n) is 9.18. The van der Waals surface area contributed by atoms with E-state index in [1.165, 1.54) is 0 Å². The molecule has 3 nitrogen and oxygen atoms in total. The van der Waals surface area contributed by atoms with Gasteiger partial charge < -0.3 is 10.2 Å². The van der Waals surface area contributed by atoms with Gasteiger partial charge in [-0.15, -0.1) is 0 Å². The van der Waals surface area contributed by atoms with Crippen LogP contribution in [-0.4, -0.2) is 16.2 Å². The van der Waals surface area contributed by atoms with Gasteiger partial charge in [-0.2, -0.15) is 26.3 Å². The number of aliphatic hydroxyl groups excluding tert-OH is 1. The standard InChI is InChI=1S/C10H5ClF6O3/c11-4-2-1-3(7(18)8(19)20)5(9(12,13)14)6(4)10(15,16)17/h1-2,7,18H,(H,19,20). The van der Waals surface area contributed by atoms with Crippen LogP contribution in [0.15, 0.2) is 12.1 Å². The lowest BCUT2D eigenvalue weighted by Crippen LogP contribution is -2.23. The van der Waals surface area contributed by atoms with E-state index in [1.807, 2.05) is 0 Å². The Kier molecular flexibility index (Phi) is 4.25. The van der Waals surface area contributed by atoms with Crippen molar-refractivity contribution in [3.8, 4) is 0 Å². The second-order valence-electron chi connectivity index (χ2n) is 3.62. The number of carboxylic acid groups (broad SMARTS) is 1. The average molecular weight is 323 g/mol. The molecule has 0 bridgehead atoms. The molecule has 0 heterocycles. The molecule has 0 aromatic heterocycles. The zero-order valence-corrected chi connectivity index (χ0v) is 9.94. The number of hydrogen-bond acceptors (Lipinski definition) is 2. The summed E-state index contributed by atoms with van der Waals surface area (Å²) in [5.74, 6) is -2.12. The first-order chi connectivity index (χ1) is 8.87. The van der Waals surface area contributed by atoms with E-state index in [0.717, 1.165) is 0 Å². The van der Waals surface area contributed by atoms with E-state index >= 15 is 0 Å². The molecule has 0 aliphatic heterocycles. The molecule has 1 atom stereocenters. The van der Waals surface area contributed by atoms with E-state index in [9.17, 15) is 31.1 Å². The van der Waals surface area contributed by atoms with Gasteiger partial charge in [0.2, 0.25) is 0 Å². The van der Waals surface area contributed by atoms with Crippen molar-refractivity contribution in [2.24, 2.45) is 0 Å². The van der Waals surface area contributed by atoms with Crippen molar-refractivity contribution in [2.75, 3.05) is 0 Å². The van der Waals surface area contributed by atoms with Crippen LogP contribution in [0.2, 0.25) is 5.02 Å². The maximum absolute atomic E-state index is 12.8. The average Bonchev–Trinajstić information content (AvgIpc) is 2.24. The van der Waals surface area contributed by atoms with E-state index in [0.29, 0.717) is 12.1 Å². The Morgan fingerprint density at radius 1 is 1.05 bits per heavy atom. The van der Waals surface area contributed by atoms with Crippen LogP contribution in [0.1, 0.15) is 22.8 Å². The number of aliphatic hydroxyl groups is 1. The first kappa shape index (κ1) is 16.6. The molecule has 0 aliphatic rings. The van der Waals surface area contributed by atoms with Crippen molar-refractivity contribution in [3.63, 3.8) is 0 Å². The van der Waals surface area contributed by atoms with Crippen LogP contribution in [0.5, 0.6) is 0 Å². The molecule has 0 radical (unpaired) electrons. The highest BCUT2D eigenvalue weighted by Crippen LogP contribution is 2.46. The third-order valence-electron chi connectivity index (χ3n) is 2.28. The van der Waals surface area contributed by atoms with Crippen molar-refractivity contribution in [3.05, 3.63) is 33.8 Å². The molecule has 1 unspecified atom stereocenters. The topological polar surface area (TPSA) is 57.5 Å². The summed E-state index contributed by atoms with van der Waals surface area (Å²) in [5, 5.41) is 16.3. The molecule has 0 fully saturated rings. The summed E-state index contributed by atoms with van der Waals surface area (Å²) in [5.41, 5.74) is -5.97. The molecule has 2 N–H and O–H groups in total. The minimum absolute atomic E-state index is 0.388. The number of alkyl halides is 6. The first-order valence-corrected chi connectivity index (χ1v) is 5.12. The Balaban J connectivity index is 3.77. The Hall–Kier alpha value is -1.48. The fourth-order valence-corrected chi connectivity index (χ4v) is 1.80. The van der Waals surface area contributed by atoms with Crippen molar-refractivity contribution < 1.29 is 41.4 Å². The molecular formula is C10H5ClF6O3. The van der Waals surface area contributed by atoms with Crippen LogP contribution in [0, 0.1) is 0 Å². The van der Waals surface area contributed by atoms with Crippen molar-refractivity contribution in [2.45, 2.75) is 18.5 Å². The van der Waals surface area contributed by atoms with Crippen LogP contribution in [0.25, 0.3) is 0 Å². The largest absolute Gasteiger partial charge is 0.479 e. The summed E-state index contributed by atoms with van der Waals surface area (Å²) in [6, 6.07) is 0.834. The summed E-state index contributed by atoms with van der Waals surface area (Å²) in [6.45, 7) is 0. The number of benzene rings is 1. The van der Waals surface area contributed by atoms with Crippen molar-refractivity contribution in [1.29, 1.82) is 0 Å². The highest BCUT2D eigenvalue weighted by Gasteiger charge is 2.47. The lowest BCUT2D eigenvalue weighted by Gasteiger charge is -2.21. The molecule has 112 valence electrons. The molecule has 0 saturated heterocycles. The minimum atomic E-state index is -5.54. The Labute approximate surface area is 112 Å². The van der Waals surface area contributed by atoms with Gasteiger partial charge in [-0.25, -0.2) is 4.79 Å². The molecule has 0 aliphatic carbocycles. The molecule has 1 aromatic rings. The van der Waals surface area contributed by atoms with E-state index < -0.39 is 46.1 Å². The van der Waals surface area contributed by atoms with E-state index in [2.05, 4.69) is 0 Å². The monoisotopic (exact) mass is 322 g/mol. The van der Waals surface area contributed by atoms with Gasteiger partial charge >= 0.3 is 18.3 Å². The van der Waals surface area contributed by atoms with Gasteiger partial charge in [0.25, 0.3) is 0 Å². The predicted molar refractivity (Wildman–Crippen MR) is 54.1 cm³/mol. The van der Waals surface area contributed by atoms with Crippen molar-refractivity contribution in [1.82, 2.24) is 0 Å². The maximum atomic E-state index is 12.8. The Morgan fingerprint density at radius 3 is 1.85 bits per heavy atom. The van der Waals surface area contributed by atoms with Crippen LogP contribution < -0.4 is 0 Å². The number of halogens is 7. The predicted octanol–water partition coefficient (Wildman–Crippen LogP) is 3.50. The summed E-state index contributed by atoms with van der Waals surface area (Å²) in [6.07, 6.45) is -13.8. The Morgan fingerprint density at radius 2 is 1.50 bits per heavy atom. The quantitative estimate of drug-likeness (QED) is 0.819. The minimum Gasteiger partial charge on any atom is -0.479 e. The SMILES string of the molecule is O=C(O)C(O)c1ccc(Cl)c(C(F)(F)F)c1C(F)(F)F. The first-order valence-electron chi connectivity index (χ1n) is 4.75. The molecule has 20 heavy (non-hydrogen) atoms. The molecule has 10 heteroatoms. The number of hydrogen-bond donors (Lipinski definition) is 2. The number of rotatable bonds is 2. The summed E-state index contributed by atoms with van der Waals surface area (Å²) in [4.78, 5) is 10.5. The van der Waals surface area contributed by atoms with Gasteiger partial charge in [-0.05, 0) is 6.07 Å². The lowest BCUT2D eigenvalue weighted by molar-refractivity contribution is -0.164. The van der Waals surface area contributed by atoms with Gasteiger partial charge in [-0.3, -0.25) is 0 Å². The second kappa shape index (κ2) is 5.13. The third kappa shape index (κ3) is 3.15. The van der Waals surface area contributed by atoms with Gasteiger partial charge in [0.05, 0.1) is 16.1 Å². The fraction of sp³-hybridized carbons (Fsp3) is 0.300. The van der Waals surface area contributed by atoms with E-state index in [4.69, 9.17) is 21.8 Å². The number of carbonyl (C=O) groups is 1. The summed E-state index contributed by atoms with van der Waals surface area (Å²) < 4.78 is 76.4. The zero-order chi connectivity index (χ0) is 15.9. The highest BCUT2D eigenvalue weighted by molar-refractivity contribution is 6.31. The van der Waals surface area contributed by atoms with Gasteiger partial charge in [0.1, 0.15) is 0 Å². The molecular weight excluding hydrogens is 318 g/mol. The van der Waals surface area contributed by atoms with Gasteiger partial charge in [0, 0.05) is 5.56 Å². The van der Waals surface area contributed by atoms with Crippen LogP contribution in [0.4, 0.5) is 26.3 Å². The van der Waals surface area contributed by atoms with Gasteiger partial charge in [-0.1, -0.05) is 17.7 Å². The highest BCUT2D eigenvalue weighted by atomic mass is 35.5. The van der Waals surface area contributed by atoms with Crippen molar-refractivity contribution >= 4 is 17.6 Å².